The van der Waals surface area contributed by atoms with E-state index in [0.717, 1.165) is 16.7 Å². The van der Waals surface area contributed by atoms with Gasteiger partial charge in [-0.15, -0.1) is 0 Å². The Morgan fingerprint density at radius 2 is 1.23 bits per heavy atom. The Kier molecular flexibility index (Phi) is 21.0. The average Bonchev–Trinajstić information content (AvgIpc) is 2.68. The predicted octanol–water partition coefficient (Wildman–Crippen LogP) is -1.70. The van der Waals surface area contributed by atoms with Crippen molar-refractivity contribution in [1.82, 2.24) is 10.2 Å². The van der Waals surface area contributed by atoms with Gasteiger partial charge < -0.3 is 16.4 Å². The summed E-state index contributed by atoms with van der Waals surface area (Å²) in [5.41, 5.74) is -1.33. The van der Waals surface area contributed by atoms with E-state index in [1.165, 1.54) is 0 Å². The van der Waals surface area contributed by atoms with E-state index in [0.29, 0.717) is 78.4 Å². The number of nitrogens with one attached hydrogen (secondary N) is 1. The minimum atomic E-state index is -1.33. The van der Waals surface area contributed by atoms with Crippen LogP contribution in [0, 0.1) is 5.41 Å². The molecule has 0 saturated carbocycles. The van der Waals surface area contributed by atoms with Crippen LogP contribution < -0.4 is 5.32 Å². The van der Waals surface area contributed by atoms with E-state index in [2.05, 4.69) is 5.32 Å². The molecule has 0 aromatic rings. The van der Waals surface area contributed by atoms with Crippen molar-refractivity contribution >= 4 is 17.8 Å². The number of urea groups is 1. The van der Waals surface area contributed by atoms with Crippen LogP contribution in [0.3, 0.4) is 0 Å². The van der Waals surface area contributed by atoms with E-state index in [1.807, 2.05) is 0 Å². The molecular weight excluding hydrogens is 966 g/mol. The number of hydrogen-bond acceptors (Lipinski definition) is 6. The van der Waals surface area contributed by atoms with Crippen molar-refractivity contribution in [2.45, 2.75) is 42.9 Å². The maximum Gasteiger partial charge on any atom is -0.412 e. The van der Waals surface area contributed by atoms with Gasteiger partial charge in [-0.25, -0.2) is 0 Å². The summed E-state index contributed by atoms with van der Waals surface area (Å²) in [5, 5.41) is 2.42. The monoisotopic (exact) mass is 1000 g/mol. The summed E-state index contributed by atoms with van der Waals surface area (Å²) in [6.45, 7) is 0.170. The largest absolute Gasteiger partial charge is 0.412 e. The van der Waals surface area contributed by atoms with Crippen LogP contribution in [0.2, 0.25) is 11.8 Å². The molecule has 1 rings (SSSR count). The summed E-state index contributed by atoms with van der Waals surface area (Å²) in [7, 11) is 4.79. The molecule has 14 heteroatoms. The molecule has 0 radical (unpaired) electrons. The van der Waals surface area contributed by atoms with Crippen LogP contribution in [-0.2, 0) is 102 Å². The van der Waals surface area contributed by atoms with Crippen molar-refractivity contribution in [3.05, 3.63) is 0 Å². The van der Waals surface area contributed by atoms with E-state index in [-0.39, 0.29) is 54.1 Å². The SMILES string of the molecule is COC([CH2][Hg])CN1C(=O)NC(=O)C(CC([CH2][Hg])OC)(CC([CH2][Hg])OC)C1=O.O.O.O. The first-order valence-corrected chi connectivity index (χ1v) is 20.6. The van der Waals surface area contributed by atoms with Gasteiger partial charge in [0.1, 0.15) is 0 Å². The minimum absolute atomic E-state index is 0. The van der Waals surface area contributed by atoms with E-state index >= 15 is 0 Å². The summed E-state index contributed by atoms with van der Waals surface area (Å²) in [6.07, 6.45) is 0.0194. The van der Waals surface area contributed by atoms with E-state index in [9.17, 15) is 14.4 Å². The summed E-state index contributed by atoms with van der Waals surface area (Å²) < 4.78 is 19.0. The van der Waals surface area contributed by atoms with Crippen molar-refractivity contribution < 1.29 is 123 Å². The fraction of sp³-hybridized carbons (Fsp3) is 0.812. The first-order valence-electron chi connectivity index (χ1n) is 8.96. The van der Waals surface area contributed by atoms with Gasteiger partial charge in [-0.3, -0.25) is 0 Å². The van der Waals surface area contributed by atoms with Gasteiger partial charge in [0, 0.05) is 0 Å². The summed E-state index contributed by atoms with van der Waals surface area (Å²) in [4.78, 5) is 40.0. The predicted molar refractivity (Wildman–Crippen MR) is 94.6 cm³/mol. The van der Waals surface area contributed by atoms with Gasteiger partial charge in [-0.2, -0.15) is 0 Å². The Balaban J connectivity index is -0.00000243. The smallest absolute Gasteiger partial charge is 0.412 e. The third-order valence-corrected chi connectivity index (χ3v) is 12.6. The summed E-state index contributed by atoms with van der Waals surface area (Å²) in [6, 6.07) is -0.656. The van der Waals surface area contributed by atoms with Crippen LogP contribution in [0.5, 0.6) is 0 Å². The summed E-state index contributed by atoms with van der Waals surface area (Å²) in [5.74, 6) is -0.960. The molecule has 1 aliphatic heterocycles. The average molecular weight is 997 g/mol. The van der Waals surface area contributed by atoms with Gasteiger partial charge in [0.05, 0.1) is 0 Å². The first kappa shape index (κ1) is 35.8. The van der Waals surface area contributed by atoms with Gasteiger partial charge in [0.25, 0.3) is 0 Å². The fourth-order valence-electron chi connectivity index (χ4n) is 3.21. The van der Waals surface area contributed by atoms with Crippen LogP contribution in [-0.4, -0.2) is 85.4 Å². The van der Waals surface area contributed by atoms with E-state index in [4.69, 9.17) is 14.2 Å². The number of amides is 4. The number of hydrogen-bond donors (Lipinski definition) is 1. The molecular formula is C16H31Hg3N2O9. The van der Waals surface area contributed by atoms with Crippen LogP contribution in [0.25, 0.3) is 0 Å². The van der Waals surface area contributed by atoms with Gasteiger partial charge in [-0.1, -0.05) is 0 Å². The molecule has 7 N–H and O–H groups in total. The Morgan fingerprint density at radius 3 is 1.57 bits per heavy atom. The van der Waals surface area contributed by atoms with Gasteiger partial charge >= 0.3 is 211 Å². The van der Waals surface area contributed by atoms with Gasteiger partial charge in [-0.05, 0) is 0 Å². The molecule has 0 spiro atoms. The van der Waals surface area contributed by atoms with Crippen LogP contribution in [0.1, 0.15) is 12.8 Å². The van der Waals surface area contributed by atoms with Crippen LogP contribution in [0.15, 0.2) is 0 Å². The third kappa shape index (κ3) is 8.84. The molecule has 1 aliphatic rings. The van der Waals surface area contributed by atoms with Crippen molar-refractivity contribution in [3.8, 4) is 0 Å². The second-order valence-corrected chi connectivity index (χ2v) is 13.3. The van der Waals surface area contributed by atoms with E-state index in [1.54, 1.807) is 21.3 Å². The molecule has 0 aromatic carbocycles. The van der Waals surface area contributed by atoms with Crippen LogP contribution in [0.4, 0.5) is 4.79 Å². The molecule has 0 aliphatic carbocycles. The number of nitrogens with zero attached hydrogens (tertiary/aromatic N) is 1. The molecule has 0 aromatic heterocycles. The summed E-state index contributed by atoms with van der Waals surface area (Å²) >= 11 is 1.42. The first-order chi connectivity index (χ1) is 12.8. The standard InChI is InChI=1S/C16H25N2O6.3Hg.3H2O/c1-10(22-4)7-16(8-11(2)23-5)13(19)17-15(21)18(14(16)20)9-12(3)24-6;;;;;;/h10-12H,1-3,7-9H2,4-6H3,(H,17,19,21);;;;3*1H2. The Morgan fingerprint density at radius 1 is 0.833 bits per heavy atom. The molecule has 1 saturated heterocycles. The fourth-order valence-corrected chi connectivity index (χ4v) is 8.26. The van der Waals surface area contributed by atoms with Crippen LogP contribution >= 0.6 is 0 Å². The Labute approximate surface area is 225 Å². The molecule has 3 unspecified atom stereocenters. The molecule has 3 atom stereocenters. The topological polar surface area (TPSA) is 189 Å². The maximum atomic E-state index is 13.5. The zero-order valence-corrected chi connectivity index (χ0v) is 34.5. The number of barbiturate groups is 1. The number of carbonyl (C=O) groups is 3. The molecule has 165 valence electrons. The van der Waals surface area contributed by atoms with Crippen molar-refractivity contribution in [1.29, 1.82) is 0 Å². The number of ether oxygens (including phenoxy) is 3. The number of methoxy groups -OCH3 is 3. The number of imide groups is 2. The Bertz CT molecular complexity index is 516. The minimum Gasteiger partial charge on any atom is -0.412 e. The zero-order valence-electron chi connectivity index (χ0n) is 18.0. The van der Waals surface area contributed by atoms with Crippen molar-refractivity contribution in [2.24, 2.45) is 5.41 Å². The van der Waals surface area contributed by atoms with Crippen molar-refractivity contribution in [3.63, 3.8) is 0 Å². The molecule has 1 fully saturated rings. The third-order valence-electron chi connectivity index (χ3n) is 5.06. The number of carbonyl (C=O) groups excluding carboxylic acids is 3. The zero-order chi connectivity index (χ0) is 20.6. The number of rotatable bonds is 12. The molecule has 0 bridgehead atoms. The maximum absolute atomic E-state index is 13.5. The molecule has 4 amide bonds. The molecule has 11 nitrogen and oxygen atoms in total. The normalized spacial score (nSPS) is 21.6. The second-order valence-electron chi connectivity index (χ2n) is 6.60. The molecule has 30 heavy (non-hydrogen) atoms. The quantitative estimate of drug-likeness (QED) is 0.179. The molecule has 1 heterocycles. The van der Waals surface area contributed by atoms with Crippen molar-refractivity contribution in [2.75, 3.05) is 27.9 Å². The Hall–Kier alpha value is 1.18. The second kappa shape index (κ2) is 17.6. The van der Waals surface area contributed by atoms with E-state index < -0.39 is 23.3 Å². The van der Waals surface area contributed by atoms with Gasteiger partial charge in [0.2, 0.25) is 0 Å². The van der Waals surface area contributed by atoms with Gasteiger partial charge in [0.15, 0.2) is 0 Å².